The molecule has 2 aromatic carbocycles. The van der Waals surface area contributed by atoms with Gasteiger partial charge in [0, 0.05) is 37.8 Å². The van der Waals surface area contributed by atoms with Gasteiger partial charge >= 0.3 is 0 Å². The summed E-state index contributed by atoms with van der Waals surface area (Å²) in [4.78, 5) is 29.6. The molecule has 31 heavy (non-hydrogen) atoms. The van der Waals surface area contributed by atoms with E-state index in [0.29, 0.717) is 31.9 Å². The van der Waals surface area contributed by atoms with Crippen LogP contribution in [-0.4, -0.2) is 52.9 Å². The van der Waals surface area contributed by atoms with Crippen molar-refractivity contribution in [1.29, 1.82) is 0 Å². The van der Waals surface area contributed by atoms with Gasteiger partial charge in [-0.2, -0.15) is 0 Å². The monoisotopic (exact) mass is 417 g/mol. The van der Waals surface area contributed by atoms with Crippen LogP contribution in [0, 0.1) is 6.92 Å². The lowest BCUT2D eigenvalue weighted by molar-refractivity contribution is -0.137. The topological polar surface area (TPSA) is 66.7 Å². The molecule has 0 spiro atoms. The number of carbonyl (C=O) groups excluding carboxylic acids is 2. The van der Waals surface area contributed by atoms with Crippen LogP contribution in [0.5, 0.6) is 0 Å². The maximum Gasteiger partial charge on any atom is 0.292 e. The van der Waals surface area contributed by atoms with Crippen molar-refractivity contribution in [1.82, 2.24) is 15.0 Å². The quantitative estimate of drug-likeness (QED) is 0.646. The van der Waals surface area contributed by atoms with E-state index in [2.05, 4.69) is 5.16 Å². The third-order valence-electron chi connectivity index (χ3n) is 5.95. The minimum Gasteiger partial charge on any atom is -0.350 e. The summed E-state index contributed by atoms with van der Waals surface area (Å²) >= 11 is 0. The Balaban J connectivity index is 1.39. The summed E-state index contributed by atoms with van der Waals surface area (Å²) in [5, 5.41) is 4.05. The number of aryl methyl sites for hydroxylation is 1. The Morgan fingerprint density at radius 1 is 0.903 bits per heavy atom. The van der Waals surface area contributed by atoms with Crippen LogP contribution in [0.2, 0.25) is 0 Å². The predicted molar refractivity (Wildman–Crippen MR) is 119 cm³/mol. The summed E-state index contributed by atoms with van der Waals surface area (Å²) in [6, 6.07) is 19.4. The molecule has 2 heterocycles. The van der Waals surface area contributed by atoms with Crippen LogP contribution >= 0.6 is 0 Å². The van der Waals surface area contributed by atoms with Gasteiger partial charge in [-0.1, -0.05) is 65.3 Å². The van der Waals surface area contributed by atoms with E-state index in [9.17, 15) is 9.59 Å². The lowest BCUT2D eigenvalue weighted by Crippen LogP contribution is -2.54. The van der Waals surface area contributed by atoms with Crippen molar-refractivity contribution in [2.75, 3.05) is 26.2 Å². The van der Waals surface area contributed by atoms with Crippen LogP contribution in [0.25, 0.3) is 11.3 Å². The highest BCUT2D eigenvalue weighted by Gasteiger charge is 2.36. The fourth-order valence-electron chi connectivity index (χ4n) is 3.88. The second-order valence-corrected chi connectivity index (χ2v) is 8.52. The average Bonchev–Trinajstić information content (AvgIpc) is 3.29. The highest BCUT2D eigenvalue weighted by molar-refractivity contribution is 5.93. The highest BCUT2D eigenvalue weighted by atomic mass is 16.5. The lowest BCUT2D eigenvalue weighted by Gasteiger charge is -2.38. The molecule has 160 valence electrons. The van der Waals surface area contributed by atoms with Crippen LogP contribution in [0.3, 0.4) is 0 Å². The van der Waals surface area contributed by atoms with Gasteiger partial charge in [-0.25, -0.2) is 0 Å². The van der Waals surface area contributed by atoms with Gasteiger partial charge in [-0.15, -0.1) is 0 Å². The lowest BCUT2D eigenvalue weighted by atomic mass is 9.83. The summed E-state index contributed by atoms with van der Waals surface area (Å²) in [5.74, 6) is 0.104. The summed E-state index contributed by atoms with van der Waals surface area (Å²) < 4.78 is 5.33. The number of benzene rings is 2. The van der Waals surface area contributed by atoms with E-state index in [0.717, 1.165) is 16.7 Å². The Labute approximate surface area is 182 Å². The fraction of sp³-hybridized carbons (Fsp3) is 0.320. The number of rotatable bonds is 4. The minimum absolute atomic E-state index is 0.0760. The van der Waals surface area contributed by atoms with Gasteiger partial charge in [0.2, 0.25) is 11.7 Å². The standard InChI is InChI=1S/C25H27N3O3/c1-18-9-11-19(12-10-18)21-17-22(31-26-21)23(29)27-13-15-28(16-14-27)24(30)25(2,3)20-7-5-4-6-8-20/h4-12,17H,13-16H2,1-3H3. The second-order valence-electron chi connectivity index (χ2n) is 8.52. The van der Waals surface area contributed by atoms with Gasteiger partial charge in [0.1, 0.15) is 5.69 Å². The highest BCUT2D eigenvalue weighted by Crippen LogP contribution is 2.26. The summed E-state index contributed by atoms with van der Waals surface area (Å²) in [7, 11) is 0. The molecule has 2 amide bonds. The van der Waals surface area contributed by atoms with Crippen molar-refractivity contribution in [2.45, 2.75) is 26.2 Å². The van der Waals surface area contributed by atoms with Crippen LogP contribution < -0.4 is 0 Å². The molecule has 0 bridgehead atoms. The number of nitrogens with zero attached hydrogens (tertiary/aromatic N) is 3. The molecule has 4 rings (SSSR count). The first-order valence-corrected chi connectivity index (χ1v) is 10.5. The molecular formula is C25H27N3O3. The first kappa shape index (κ1) is 20.8. The van der Waals surface area contributed by atoms with Gasteiger partial charge in [0.25, 0.3) is 5.91 Å². The van der Waals surface area contributed by atoms with E-state index < -0.39 is 5.41 Å². The van der Waals surface area contributed by atoms with Gasteiger partial charge in [0.15, 0.2) is 0 Å². The third-order valence-corrected chi connectivity index (χ3v) is 5.95. The number of hydrogen-bond acceptors (Lipinski definition) is 4. The van der Waals surface area contributed by atoms with E-state index in [4.69, 9.17) is 4.52 Å². The largest absolute Gasteiger partial charge is 0.350 e. The maximum atomic E-state index is 13.1. The van der Waals surface area contributed by atoms with Crippen molar-refractivity contribution in [3.05, 3.63) is 77.6 Å². The number of amides is 2. The summed E-state index contributed by atoms with van der Waals surface area (Å²) in [6.07, 6.45) is 0. The first-order valence-electron chi connectivity index (χ1n) is 10.5. The molecule has 6 nitrogen and oxygen atoms in total. The molecule has 1 saturated heterocycles. The van der Waals surface area contributed by atoms with Crippen molar-refractivity contribution in [3.8, 4) is 11.3 Å². The zero-order valence-electron chi connectivity index (χ0n) is 18.2. The van der Waals surface area contributed by atoms with E-state index >= 15 is 0 Å². The molecule has 1 fully saturated rings. The van der Waals surface area contributed by atoms with Crippen molar-refractivity contribution in [3.63, 3.8) is 0 Å². The van der Waals surface area contributed by atoms with Gasteiger partial charge in [-0.3, -0.25) is 9.59 Å². The smallest absolute Gasteiger partial charge is 0.292 e. The fourth-order valence-corrected chi connectivity index (χ4v) is 3.88. The Bertz CT molecular complexity index is 1060. The zero-order chi connectivity index (χ0) is 22.0. The van der Waals surface area contributed by atoms with Crippen molar-refractivity contribution in [2.24, 2.45) is 0 Å². The van der Waals surface area contributed by atoms with Crippen LogP contribution in [-0.2, 0) is 10.2 Å². The van der Waals surface area contributed by atoms with E-state index in [1.807, 2.05) is 80.3 Å². The zero-order valence-corrected chi connectivity index (χ0v) is 18.2. The second kappa shape index (κ2) is 8.38. The molecule has 0 radical (unpaired) electrons. The van der Waals surface area contributed by atoms with Crippen molar-refractivity contribution >= 4 is 11.8 Å². The third kappa shape index (κ3) is 4.24. The predicted octanol–water partition coefficient (Wildman–Crippen LogP) is 3.91. The average molecular weight is 418 g/mol. The SMILES string of the molecule is Cc1ccc(-c2cc(C(=O)N3CCN(C(=O)C(C)(C)c4ccccc4)CC3)on2)cc1. The molecule has 0 aliphatic carbocycles. The van der Waals surface area contributed by atoms with E-state index in [1.54, 1.807) is 11.0 Å². The molecule has 0 unspecified atom stereocenters. The molecule has 1 aliphatic heterocycles. The molecule has 3 aromatic rings. The van der Waals surface area contributed by atoms with Crippen LogP contribution in [0.1, 0.15) is 35.5 Å². The minimum atomic E-state index is -0.610. The molecule has 1 aromatic heterocycles. The molecule has 1 aliphatic rings. The Morgan fingerprint density at radius 3 is 2.16 bits per heavy atom. The Hall–Kier alpha value is -3.41. The molecule has 0 N–H and O–H groups in total. The number of aromatic nitrogens is 1. The van der Waals surface area contributed by atoms with Gasteiger partial charge in [-0.05, 0) is 26.3 Å². The summed E-state index contributed by atoms with van der Waals surface area (Å²) in [6.45, 7) is 7.85. The van der Waals surface area contributed by atoms with E-state index in [-0.39, 0.29) is 17.6 Å². The number of piperazine rings is 1. The first-order chi connectivity index (χ1) is 14.9. The summed E-state index contributed by atoms with van der Waals surface area (Å²) in [5.41, 5.74) is 3.09. The normalized spacial score (nSPS) is 14.5. The van der Waals surface area contributed by atoms with Crippen molar-refractivity contribution < 1.29 is 14.1 Å². The number of carbonyl (C=O) groups is 2. The Kier molecular flexibility index (Phi) is 5.63. The van der Waals surface area contributed by atoms with Crippen LogP contribution in [0.15, 0.2) is 65.2 Å². The van der Waals surface area contributed by atoms with Gasteiger partial charge < -0.3 is 14.3 Å². The van der Waals surface area contributed by atoms with Crippen LogP contribution in [0.4, 0.5) is 0 Å². The Morgan fingerprint density at radius 2 is 1.52 bits per heavy atom. The number of hydrogen-bond donors (Lipinski definition) is 0. The molecule has 0 saturated carbocycles. The molecule has 0 atom stereocenters. The van der Waals surface area contributed by atoms with E-state index in [1.165, 1.54) is 0 Å². The van der Waals surface area contributed by atoms with Gasteiger partial charge in [0.05, 0.1) is 5.41 Å². The molecule has 6 heteroatoms. The maximum absolute atomic E-state index is 13.1. The molecular weight excluding hydrogens is 390 g/mol.